The van der Waals surface area contributed by atoms with Crippen LogP contribution in [0.15, 0.2) is 52.9 Å². The van der Waals surface area contributed by atoms with Gasteiger partial charge in [0.1, 0.15) is 5.75 Å². The van der Waals surface area contributed by atoms with Gasteiger partial charge in [-0.05, 0) is 24.3 Å². The number of nitrogens with zero attached hydrogens (tertiary/aromatic N) is 2. The third-order valence-corrected chi connectivity index (χ3v) is 3.44. The Morgan fingerprint density at radius 2 is 1.77 bits per heavy atom. The molecule has 0 radical (unpaired) electrons. The van der Waals surface area contributed by atoms with Gasteiger partial charge in [-0.15, -0.1) is 10.2 Å². The first-order chi connectivity index (χ1) is 12.4. The van der Waals surface area contributed by atoms with Crippen LogP contribution in [0.25, 0.3) is 11.5 Å². The number of anilines is 1. The lowest BCUT2D eigenvalue weighted by molar-refractivity contribution is -0.136. The summed E-state index contributed by atoms with van der Waals surface area (Å²) in [7, 11) is 1.46. The van der Waals surface area contributed by atoms with Crippen LogP contribution in [-0.2, 0) is 6.18 Å². The van der Waals surface area contributed by atoms with E-state index < -0.39 is 29.2 Å². The quantitative estimate of drug-likeness (QED) is 0.758. The molecule has 0 aliphatic rings. The molecular formula is C17H12F3N3O3. The minimum Gasteiger partial charge on any atom is -0.496 e. The Kier molecular flexibility index (Phi) is 4.61. The molecular weight excluding hydrogens is 351 g/mol. The summed E-state index contributed by atoms with van der Waals surface area (Å²) >= 11 is 0. The SMILES string of the molecule is COc1ccccc1-c1nnc(C(=O)Nc2ccccc2C(F)(F)F)o1. The monoisotopic (exact) mass is 363 g/mol. The normalized spacial score (nSPS) is 11.2. The lowest BCUT2D eigenvalue weighted by Crippen LogP contribution is -2.16. The van der Waals surface area contributed by atoms with Crippen molar-refractivity contribution in [3.05, 3.63) is 60.0 Å². The Labute approximate surface area is 145 Å². The molecule has 26 heavy (non-hydrogen) atoms. The highest BCUT2D eigenvalue weighted by Crippen LogP contribution is 2.35. The van der Waals surface area contributed by atoms with Crippen LogP contribution in [0.4, 0.5) is 18.9 Å². The Morgan fingerprint density at radius 1 is 1.08 bits per heavy atom. The van der Waals surface area contributed by atoms with E-state index >= 15 is 0 Å². The molecule has 0 unspecified atom stereocenters. The number of carbonyl (C=O) groups is 1. The molecule has 0 bridgehead atoms. The van der Waals surface area contributed by atoms with Crippen molar-refractivity contribution in [1.82, 2.24) is 10.2 Å². The molecule has 9 heteroatoms. The van der Waals surface area contributed by atoms with E-state index in [0.717, 1.165) is 12.1 Å². The van der Waals surface area contributed by atoms with Crippen molar-refractivity contribution in [2.75, 3.05) is 12.4 Å². The minimum absolute atomic E-state index is 0.0108. The largest absolute Gasteiger partial charge is 0.496 e. The Bertz CT molecular complexity index is 938. The average Bonchev–Trinajstić information content (AvgIpc) is 3.11. The Hall–Kier alpha value is -3.36. The first kappa shape index (κ1) is 17.5. The summed E-state index contributed by atoms with van der Waals surface area (Å²) in [5.41, 5.74) is -0.919. The van der Waals surface area contributed by atoms with Crippen LogP contribution >= 0.6 is 0 Å². The van der Waals surface area contributed by atoms with E-state index in [4.69, 9.17) is 9.15 Å². The van der Waals surface area contributed by atoms with Crippen LogP contribution in [0.1, 0.15) is 16.2 Å². The smallest absolute Gasteiger partial charge is 0.418 e. The highest BCUT2D eigenvalue weighted by atomic mass is 19.4. The predicted molar refractivity (Wildman–Crippen MR) is 85.7 cm³/mol. The number of alkyl halides is 3. The maximum absolute atomic E-state index is 13.0. The van der Waals surface area contributed by atoms with Crippen molar-refractivity contribution in [2.24, 2.45) is 0 Å². The number of aromatic nitrogens is 2. The molecule has 1 amide bonds. The number of carbonyl (C=O) groups excluding carboxylic acids is 1. The molecule has 1 heterocycles. The Morgan fingerprint density at radius 3 is 2.50 bits per heavy atom. The van der Waals surface area contributed by atoms with Gasteiger partial charge in [-0.3, -0.25) is 4.79 Å². The number of rotatable bonds is 4. The number of nitrogens with one attached hydrogen (secondary N) is 1. The molecule has 0 atom stereocenters. The predicted octanol–water partition coefficient (Wildman–Crippen LogP) is 4.02. The van der Waals surface area contributed by atoms with Crippen molar-refractivity contribution >= 4 is 11.6 Å². The van der Waals surface area contributed by atoms with Gasteiger partial charge >= 0.3 is 18.0 Å². The molecule has 134 valence electrons. The summed E-state index contributed by atoms with van der Waals surface area (Å²) in [4.78, 5) is 12.2. The fourth-order valence-electron chi connectivity index (χ4n) is 2.26. The van der Waals surface area contributed by atoms with Gasteiger partial charge in [-0.2, -0.15) is 13.2 Å². The number of ether oxygens (including phenoxy) is 1. The summed E-state index contributed by atoms with van der Waals surface area (Å²) in [6.07, 6.45) is -4.61. The Balaban J connectivity index is 1.86. The van der Waals surface area contributed by atoms with E-state index in [1.807, 2.05) is 0 Å². The highest BCUT2D eigenvalue weighted by Gasteiger charge is 2.34. The third kappa shape index (κ3) is 3.51. The second kappa shape index (κ2) is 6.87. The minimum atomic E-state index is -4.61. The molecule has 0 saturated heterocycles. The van der Waals surface area contributed by atoms with E-state index in [-0.39, 0.29) is 5.89 Å². The van der Waals surface area contributed by atoms with Gasteiger partial charge in [0.2, 0.25) is 0 Å². The van der Waals surface area contributed by atoms with Crippen molar-refractivity contribution in [2.45, 2.75) is 6.18 Å². The van der Waals surface area contributed by atoms with Gasteiger partial charge in [-0.1, -0.05) is 24.3 Å². The van der Waals surface area contributed by atoms with Crippen LogP contribution in [0.2, 0.25) is 0 Å². The fourth-order valence-corrected chi connectivity index (χ4v) is 2.26. The van der Waals surface area contributed by atoms with E-state index in [2.05, 4.69) is 15.5 Å². The number of hydrogen-bond acceptors (Lipinski definition) is 5. The second-order valence-electron chi connectivity index (χ2n) is 5.11. The number of methoxy groups -OCH3 is 1. The molecule has 1 aromatic heterocycles. The van der Waals surface area contributed by atoms with Crippen LogP contribution in [0, 0.1) is 0 Å². The highest BCUT2D eigenvalue weighted by molar-refractivity contribution is 6.01. The zero-order valence-electron chi connectivity index (χ0n) is 13.4. The van der Waals surface area contributed by atoms with Gasteiger partial charge in [0, 0.05) is 0 Å². The molecule has 0 aliphatic carbocycles. The van der Waals surface area contributed by atoms with E-state index in [9.17, 15) is 18.0 Å². The number of hydrogen-bond donors (Lipinski definition) is 1. The fraction of sp³-hybridized carbons (Fsp3) is 0.118. The van der Waals surface area contributed by atoms with E-state index in [1.54, 1.807) is 24.3 Å². The topological polar surface area (TPSA) is 77.2 Å². The van der Waals surface area contributed by atoms with Crippen LogP contribution < -0.4 is 10.1 Å². The zero-order valence-corrected chi connectivity index (χ0v) is 13.4. The lowest BCUT2D eigenvalue weighted by Gasteiger charge is -2.12. The summed E-state index contributed by atoms with van der Waals surface area (Å²) in [5.74, 6) is -0.958. The molecule has 1 N–H and O–H groups in total. The van der Waals surface area contributed by atoms with Crippen molar-refractivity contribution in [3.8, 4) is 17.2 Å². The van der Waals surface area contributed by atoms with Crippen LogP contribution in [0.3, 0.4) is 0 Å². The van der Waals surface area contributed by atoms with Crippen LogP contribution in [-0.4, -0.2) is 23.2 Å². The summed E-state index contributed by atoms with van der Waals surface area (Å²) < 4.78 is 49.4. The van der Waals surface area contributed by atoms with Gasteiger partial charge in [0.25, 0.3) is 5.89 Å². The molecule has 0 aliphatic heterocycles. The molecule has 0 spiro atoms. The lowest BCUT2D eigenvalue weighted by atomic mass is 10.1. The summed E-state index contributed by atoms with van der Waals surface area (Å²) in [6.45, 7) is 0. The summed E-state index contributed by atoms with van der Waals surface area (Å²) in [6, 6.07) is 11.4. The van der Waals surface area contributed by atoms with Gasteiger partial charge < -0.3 is 14.5 Å². The van der Waals surface area contributed by atoms with E-state index in [1.165, 1.54) is 19.2 Å². The number of amides is 1. The van der Waals surface area contributed by atoms with Crippen LogP contribution in [0.5, 0.6) is 5.75 Å². The molecule has 3 aromatic rings. The molecule has 0 fully saturated rings. The number of halogens is 3. The second-order valence-corrected chi connectivity index (χ2v) is 5.11. The average molecular weight is 363 g/mol. The molecule has 2 aromatic carbocycles. The van der Waals surface area contributed by atoms with Crippen molar-refractivity contribution in [1.29, 1.82) is 0 Å². The third-order valence-electron chi connectivity index (χ3n) is 3.44. The maximum atomic E-state index is 13.0. The first-order valence-corrected chi connectivity index (χ1v) is 7.34. The van der Waals surface area contributed by atoms with Gasteiger partial charge in [-0.25, -0.2) is 0 Å². The molecule has 6 nitrogen and oxygen atoms in total. The van der Waals surface area contributed by atoms with Gasteiger partial charge in [0.15, 0.2) is 0 Å². The van der Waals surface area contributed by atoms with Crippen molar-refractivity contribution in [3.63, 3.8) is 0 Å². The number of para-hydroxylation sites is 2. The maximum Gasteiger partial charge on any atom is 0.418 e. The van der Waals surface area contributed by atoms with Crippen molar-refractivity contribution < 1.29 is 27.1 Å². The van der Waals surface area contributed by atoms with Gasteiger partial charge in [0.05, 0.1) is 23.9 Å². The number of benzene rings is 2. The van der Waals surface area contributed by atoms with E-state index in [0.29, 0.717) is 11.3 Å². The standard InChI is InChI=1S/C17H12F3N3O3/c1-25-13-9-5-2-6-10(13)15-22-23-16(26-15)14(24)21-12-8-4-3-7-11(12)17(18,19)20/h2-9H,1H3,(H,21,24). The molecule has 3 rings (SSSR count). The summed E-state index contributed by atoms with van der Waals surface area (Å²) in [5, 5.41) is 9.48. The zero-order chi connectivity index (χ0) is 18.7. The molecule has 0 saturated carbocycles. The first-order valence-electron chi connectivity index (χ1n) is 7.34.